The molecule has 0 aliphatic heterocycles. The molecule has 0 amide bonds. The Morgan fingerprint density at radius 3 is 2.50 bits per heavy atom. The number of para-hydroxylation sites is 1. The molecule has 1 aromatic heterocycles. The number of pyridine rings is 1. The molecule has 20 heavy (non-hydrogen) atoms. The SMILES string of the molecule is COc1cnc(Cl)c(-c2ccccc2OC(F)(F)F)c1. The van der Waals surface area contributed by atoms with Gasteiger partial charge in [0.1, 0.15) is 16.7 Å². The minimum Gasteiger partial charge on any atom is -0.495 e. The van der Waals surface area contributed by atoms with Gasteiger partial charge in [-0.2, -0.15) is 0 Å². The van der Waals surface area contributed by atoms with Gasteiger partial charge in [0.25, 0.3) is 0 Å². The lowest BCUT2D eigenvalue weighted by Crippen LogP contribution is -2.17. The van der Waals surface area contributed by atoms with Crippen LogP contribution in [0.4, 0.5) is 13.2 Å². The molecule has 0 fully saturated rings. The second kappa shape index (κ2) is 5.58. The smallest absolute Gasteiger partial charge is 0.495 e. The van der Waals surface area contributed by atoms with Crippen molar-refractivity contribution in [2.24, 2.45) is 0 Å². The van der Waals surface area contributed by atoms with E-state index < -0.39 is 6.36 Å². The van der Waals surface area contributed by atoms with Crippen LogP contribution >= 0.6 is 11.6 Å². The second-order valence-electron chi connectivity index (χ2n) is 3.76. The summed E-state index contributed by atoms with van der Waals surface area (Å²) in [7, 11) is 1.42. The summed E-state index contributed by atoms with van der Waals surface area (Å²) < 4.78 is 46.1. The van der Waals surface area contributed by atoms with E-state index in [1.165, 1.54) is 37.6 Å². The van der Waals surface area contributed by atoms with Crippen LogP contribution in [0.2, 0.25) is 5.15 Å². The highest BCUT2D eigenvalue weighted by molar-refractivity contribution is 6.32. The van der Waals surface area contributed by atoms with E-state index in [9.17, 15) is 13.2 Å². The van der Waals surface area contributed by atoms with Crippen LogP contribution in [0, 0.1) is 0 Å². The molecule has 0 saturated carbocycles. The molecule has 0 atom stereocenters. The van der Waals surface area contributed by atoms with Crippen LogP contribution in [0.5, 0.6) is 11.5 Å². The highest BCUT2D eigenvalue weighted by atomic mass is 35.5. The molecule has 3 nitrogen and oxygen atoms in total. The minimum atomic E-state index is -4.78. The first-order valence-corrected chi connectivity index (χ1v) is 5.83. The monoisotopic (exact) mass is 303 g/mol. The largest absolute Gasteiger partial charge is 0.573 e. The quantitative estimate of drug-likeness (QED) is 0.792. The predicted octanol–water partition coefficient (Wildman–Crippen LogP) is 4.31. The first-order chi connectivity index (χ1) is 9.40. The number of alkyl halides is 3. The van der Waals surface area contributed by atoms with Crippen molar-refractivity contribution < 1.29 is 22.6 Å². The van der Waals surface area contributed by atoms with Crippen molar-refractivity contribution in [2.45, 2.75) is 6.36 Å². The number of hydrogen-bond donors (Lipinski definition) is 0. The fourth-order valence-corrected chi connectivity index (χ4v) is 1.84. The summed E-state index contributed by atoms with van der Waals surface area (Å²) in [5, 5.41) is 0.0593. The number of methoxy groups -OCH3 is 1. The van der Waals surface area contributed by atoms with Crippen molar-refractivity contribution in [2.75, 3.05) is 7.11 Å². The van der Waals surface area contributed by atoms with Crippen molar-refractivity contribution in [1.82, 2.24) is 4.98 Å². The molecule has 1 heterocycles. The highest BCUT2D eigenvalue weighted by Crippen LogP contribution is 2.37. The summed E-state index contributed by atoms with van der Waals surface area (Å²) in [5.74, 6) is 0.0307. The Kier molecular flexibility index (Phi) is 4.04. The number of halogens is 4. The van der Waals surface area contributed by atoms with Gasteiger partial charge in [-0.1, -0.05) is 29.8 Å². The molecule has 0 saturated heterocycles. The van der Waals surface area contributed by atoms with E-state index in [1.54, 1.807) is 6.07 Å². The second-order valence-corrected chi connectivity index (χ2v) is 4.12. The van der Waals surface area contributed by atoms with Crippen LogP contribution in [0.15, 0.2) is 36.5 Å². The Labute approximate surface area is 117 Å². The van der Waals surface area contributed by atoms with Crippen molar-refractivity contribution >= 4 is 11.6 Å². The predicted molar refractivity (Wildman–Crippen MR) is 67.9 cm³/mol. The molecule has 0 aliphatic rings. The van der Waals surface area contributed by atoms with Gasteiger partial charge in [-0.3, -0.25) is 0 Å². The molecule has 106 valence electrons. The molecule has 0 bridgehead atoms. The summed E-state index contributed by atoms with van der Waals surface area (Å²) >= 11 is 5.93. The molecular weight excluding hydrogens is 295 g/mol. The maximum atomic E-state index is 12.4. The first kappa shape index (κ1) is 14.5. The maximum absolute atomic E-state index is 12.4. The van der Waals surface area contributed by atoms with Gasteiger partial charge in [-0.25, -0.2) is 4.98 Å². The fourth-order valence-electron chi connectivity index (χ4n) is 1.63. The minimum absolute atomic E-state index is 0.0593. The van der Waals surface area contributed by atoms with Crippen LogP contribution in [-0.2, 0) is 0 Å². The summed E-state index contributed by atoms with van der Waals surface area (Å²) in [4.78, 5) is 3.87. The van der Waals surface area contributed by atoms with Crippen LogP contribution < -0.4 is 9.47 Å². The lowest BCUT2D eigenvalue weighted by molar-refractivity contribution is -0.274. The number of nitrogens with zero attached hydrogens (tertiary/aromatic N) is 1. The van der Waals surface area contributed by atoms with Gasteiger partial charge < -0.3 is 9.47 Å². The van der Waals surface area contributed by atoms with Crippen molar-refractivity contribution in [1.29, 1.82) is 0 Å². The molecule has 0 spiro atoms. The number of hydrogen-bond acceptors (Lipinski definition) is 3. The van der Waals surface area contributed by atoms with Crippen molar-refractivity contribution in [3.63, 3.8) is 0 Å². The van der Waals surface area contributed by atoms with E-state index in [4.69, 9.17) is 16.3 Å². The summed E-state index contributed by atoms with van der Waals surface area (Å²) in [5.41, 5.74) is 0.479. The Hall–Kier alpha value is -1.95. The number of ether oxygens (including phenoxy) is 2. The zero-order chi connectivity index (χ0) is 14.8. The third-order valence-electron chi connectivity index (χ3n) is 2.45. The standard InChI is InChI=1S/C13H9ClF3NO2/c1-19-8-6-10(12(14)18-7-8)9-4-2-3-5-11(9)20-13(15,16)17/h2-7H,1H3. The molecule has 0 N–H and O–H groups in total. The number of aromatic nitrogens is 1. The Bertz CT molecular complexity index is 617. The average Bonchev–Trinajstić information content (AvgIpc) is 2.38. The first-order valence-electron chi connectivity index (χ1n) is 5.45. The average molecular weight is 304 g/mol. The van der Waals surface area contributed by atoms with Crippen LogP contribution in [0.3, 0.4) is 0 Å². The summed E-state index contributed by atoms with van der Waals surface area (Å²) in [6.07, 6.45) is -3.41. The van der Waals surface area contributed by atoms with Crippen LogP contribution in [0.1, 0.15) is 0 Å². The Morgan fingerprint density at radius 1 is 1.15 bits per heavy atom. The fraction of sp³-hybridized carbons (Fsp3) is 0.154. The van der Waals surface area contributed by atoms with Gasteiger partial charge in [-0.15, -0.1) is 13.2 Å². The highest BCUT2D eigenvalue weighted by Gasteiger charge is 2.32. The van der Waals surface area contributed by atoms with Crippen molar-refractivity contribution in [3.05, 3.63) is 41.7 Å². The van der Waals surface area contributed by atoms with E-state index in [0.29, 0.717) is 11.3 Å². The van der Waals surface area contributed by atoms with E-state index in [-0.39, 0.29) is 16.5 Å². The molecule has 0 aliphatic carbocycles. The van der Waals surface area contributed by atoms with Crippen LogP contribution in [0.25, 0.3) is 11.1 Å². The molecule has 0 radical (unpaired) electrons. The van der Waals surface area contributed by atoms with Crippen LogP contribution in [-0.4, -0.2) is 18.5 Å². The summed E-state index contributed by atoms with van der Waals surface area (Å²) in [6.45, 7) is 0. The maximum Gasteiger partial charge on any atom is 0.573 e. The molecule has 2 rings (SSSR count). The molecular formula is C13H9ClF3NO2. The van der Waals surface area contributed by atoms with E-state index >= 15 is 0 Å². The third kappa shape index (κ3) is 3.33. The van der Waals surface area contributed by atoms with E-state index in [1.807, 2.05) is 0 Å². The van der Waals surface area contributed by atoms with Gasteiger partial charge in [0.05, 0.1) is 13.3 Å². The molecule has 7 heteroatoms. The molecule has 0 unspecified atom stereocenters. The zero-order valence-corrected chi connectivity index (χ0v) is 11.0. The Balaban J connectivity index is 2.52. The topological polar surface area (TPSA) is 31.4 Å². The van der Waals surface area contributed by atoms with Gasteiger partial charge in [0.15, 0.2) is 0 Å². The molecule has 1 aromatic carbocycles. The lowest BCUT2D eigenvalue weighted by atomic mass is 10.1. The van der Waals surface area contributed by atoms with Gasteiger partial charge in [0, 0.05) is 11.1 Å². The third-order valence-corrected chi connectivity index (χ3v) is 2.75. The number of rotatable bonds is 3. The van der Waals surface area contributed by atoms with Crippen molar-refractivity contribution in [3.8, 4) is 22.6 Å². The normalized spacial score (nSPS) is 11.2. The summed E-state index contributed by atoms with van der Waals surface area (Å²) in [6, 6.07) is 7.18. The van der Waals surface area contributed by atoms with Gasteiger partial charge in [-0.05, 0) is 12.1 Å². The van der Waals surface area contributed by atoms with E-state index in [0.717, 1.165) is 0 Å². The lowest BCUT2D eigenvalue weighted by Gasteiger charge is -2.14. The number of benzene rings is 1. The zero-order valence-electron chi connectivity index (χ0n) is 10.2. The Morgan fingerprint density at radius 2 is 1.85 bits per heavy atom. The van der Waals surface area contributed by atoms with Gasteiger partial charge >= 0.3 is 6.36 Å². The van der Waals surface area contributed by atoms with Gasteiger partial charge in [0.2, 0.25) is 0 Å². The van der Waals surface area contributed by atoms with E-state index in [2.05, 4.69) is 9.72 Å². The molecule has 2 aromatic rings.